The maximum Gasteiger partial charge on any atom is 0.223 e. The largest absolute Gasteiger partial charge is 0.355 e. The normalized spacial score (nSPS) is 22.1. The summed E-state index contributed by atoms with van der Waals surface area (Å²) in [6.07, 6.45) is 2.61. The third kappa shape index (κ3) is 5.76. The molecule has 120 valence electrons. The Morgan fingerprint density at radius 3 is 2.40 bits per heavy atom. The number of carbonyl (C=O) groups is 1. The van der Waals surface area contributed by atoms with Crippen molar-refractivity contribution in [2.75, 3.05) is 39.3 Å². The molecule has 0 aliphatic carbocycles. The van der Waals surface area contributed by atoms with Crippen LogP contribution in [-0.2, 0) is 4.79 Å². The first-order valence-corrected chi connectivity index (χ1v) is 7.37. The molecule has 1 unspecified atom stereocenters. The Morgan fingerprint density at radius 1 is 1.30 bits per heavy atom. The average Bonchev–Trinajstić information content (AvgIpc) is 2.29. The van der Waals surface area contributed by atoms with Crippen LogP contribution in [0.4, 0.5) is 0 Å². The molecule has 0 aromatic rings. The van der Waals surface area contributed by atoms with Gasteiger partial charge >= 0.3 is 0 Å². The molecule has 0 bridgehead atoms. The van der Waals surface area contributed by atoms with Crippen LogP contribution in [-0.4, -0.2) is 50.1 Å². The molecule has 2 aliphatic heterocycles. The van der Waals surface area contributed by atoms with Crippen LogP contribution in [0.1, 0.15) is 26.7 Å². The average molecular weight is 326 g/mol. The van der Waals surface area contributed by atoms with Crippen molar-refractivity contribution in [3.8, 4) is 0 Å². The number of rotatable bonds is 5. The van der Waals surface area contributed by atoms with E-state index in [0.29, 0.717) is 5.92 Å². The zero-order chi connectivity index (χ0) is 13.0. The van der Waals surface area contributed by atoms with E-state index in [-0.39, 0.29) is 36.6 Å². The van der Waals surface area contributed by atoms with E-state index in [1.54, 1.807) is 0 Å². The lowest BCUT2D eigenvalue weighted by Gasteiger charge is -2.32. The summed E-state index contributed by atoms with van der Waals surface area (Å²) in [6, 6.07) is 0. The first kappa shape index (κ1) is 20.0. The Bertz CT molecular complexity index is 280. The van der Waals surface area contributed by atoms with Crippen LogP contribution in [0.15, 0.2) is 0 Å². The van der Waals surface area contributed by atoms with Gasteiger partial charge in [0, 0.05) is 19.0 Å². The lowest BCUT2D eigenvalue weighted by Crippen LogP contribution is -2.50. The number of nitrogens with one attached hydrogen (secondary N) is 2. The van der Waals surface area contributed by atoms with E-state index in [1.807, 2.05) is 6.92 Å². The number of amides is 1. The molecule has 0 radical (unpaired) electrons. The van der Waals surface area contributed by atoms with Crippen LogP contribution in [0.2, 0.25) is 0 Å². The number of nitrogens with zero attached hydrogens (tertiary/aromatic N) is 1. The van der Waals surface area contributed by atoms with Gasteiger partial charge in [-0.05, 0) is 50.9 Å². The number of hydrogen-bond donors (Lipinski definition) is 2. The van der Waals surface area contributed by atoms with Crippen LogP contribution < -0.4 is 10.6 Å². The summed E-state index contributed by atoms with van der Waals surface area (Å²) in [5, 5.41) is 6.30. The smallest absolute Gasteiger partial charge is 0.223 e. The van der Waals surface area contributed by atoms with Gasteiger partial charge in [0.2, 0.25) is 5.91 Å². The maximum absolute atomic E-state index is 11.9. The minimum atomic E-state index is 0. The van der Waals surface area contributed by atoms with E-state index in [4.69, 9.17) is 0 Å². The summed E-state index contributed by atoms with van der Waals surface area (Å²) in [5.74, 6) is 1.81. The topological polar surface area (TPSA) is 44.4 Å². The highest BCUT2D eigenvalue weighted by Gasteiger charge is 2.28. The van der Waals surface area contributed by atoms with Crippen LogP contribution in [0, 0.1) is 17.8 Å². The fraction of sp³-hybridized carbons (Fsp3) is 0.929. The molecular formula is C14H29Cl2N3O. The number of halogens is 2. The highest BCUT2D eigenvalue weighted by Crippen LogP contribution is 2.16. The Morgan fingerprint density at radius 2 is 1.90 bits per heavy atom. The molecular weight excluding hydrogens is 297 g/mol. The van der Waals surface area contributed by atoms with Crippen molar-refractivity contribution in [3.05, 3.63) is 0 Å². The Labute approximate surface area is 135 Å². The predicted molar refractivity (Wildman–Crippen MR) is 87.9 cm³/mol. The Balaban J connectivity index is 0.00000180. The monoisotopic (exact) mass is 325 g/mol. The number of piperidine rings is 1. The molecule has 0 spiro atoms. The van der Waals surface area contributed by atoms with Crippen molar-refractivity contribution in [3.63, 3.8) is 0 Å². The number of carbonyl (C=O) groups excluding carboxylic acids is 1. The summed E-state index contributed by atoms with van der Waals surface area (Å²) in [4.78, 5) is 14.4. The fourth-order valence-electron chi connectivity index (χ4n) is 2.66. The molecule has 2 fully saturated rings. The minimum absolute atomic E-state index is 0. The lowest BCUT2D eigenvalue weighted by atomic mass is 9.88. The Kier molecular flexibility index (Phi) is 9.81. The van der Waals surface area contributed by atoms with E-state index in [9.17, 15) is 4.79 Å². The summed E-state index contributed by atoms with van der Waals surface area (Å²) >= 11 is 0. The van der Waals surface area contributed by atoms with Gasteiger partial charge in [0.1, 0.15) is 0 Å². The first-order valence-electron chi connectivity index (χ1n) is 7.37. The van der Waals surface area contributed by atoms with Gasteiger partial charge in [-0.15, -0.1) is 24.8 Å². The van der Waals surface area contributed by atoms with Crippen molar-refractivity contribution in [1.82, 2.24) is 15.5 Å². The summed E-state index contributed by atoms with van der Waals surface area (Å²) < 4.78 is 0. The Hall–Kier alpha value is -0.0300. The highest BCUT2D eigenvalue weighted by atomic mass is 35.5. The second-order valence-electron chi connectivity index (χ2n) is 6.02. The van der Waals surface area contributed by atoms with E-state index in [1.165, 1.54) is 25.9 Å². The second kappa shape index (κ2) is 9.82. The number of likely N-dealkylation sites (tertiary alicyclic amines) is 1. The summed E-state index contributed by atoms with van der Waals surface area (Å²) in [6.45, 7) is 10.6. The minimum Gasteiger partial charge on any atom is -0.355 e. The van der Waals surface area contributed by atoms with Crippen LogP contribution in [0.25, 0.3) is 0 Å². The molecule has 1 atom stereocenters. The molecule has 1 amide bonds. The van der Waals surface area contributed by atoms with Crippen molar-refractivity contribution < 1.29 is 4.79 Å². The third-order valence-corrected chi connectivity index (χ3v) is 4.54. The van der Waals surface area contributed by atoms with Gasteiger partial charge in [-0.25, -0.2) is 0 Å². The van der Waals surface area contributed by atoms with Crippen molar-refractivity contribution in [2.24, 2.45) is 17.8 Å². The molecule has 2 aliphatic rings. The SMILES string of the molecule is CC1CCN(CCNC(=O)C(C)C2CNC2)CC1.Cl.Cl. The van der Waals surface area contributed by atoms with Gasteiger partial charge in [0.15, 0.2) is 0 Å². The first-order chi connectivity index (χ1) is 8.66. The zero-order valence-corrected chi connectivity index (χ0v) is 14.2. The van der Waals surface area contributed by atoms with E-state index in [0.717, 1.165) is 32.1 Å². The highest BCUT2D eigenvalue weighted by molar-refractivity contribution is 5.85. The van der Waals surface area contributed by atoms with Crippen LogP contribution in [0.3, 0.4) is 0 Å². The van der Waals surface area contributed by atoms with Crippen molar-refractivity contribution in [2.45, 2.75) is 26.7 Å². The van der Waals surface area contributed by atoms with E-state index < -0.39 is 0 Å². The molecule has 6 heteroatoms. The third-order valence-electron chi connectivity index (χ3n) is 4.54. The van der Waals surface area contributed by atoms with Crippen LogP contribution >= 0.6 is 24.8 Å². The molecule has 0 aromatic carbocycles. The molecule has 2 heterocycles. The van der Waals surface area contributed by atoms with Crippen LogP contribution in [0.5, 0.6) is 0 Å². The van der Waals surface area contributed by atoms with Gasteiger partial charge in [0.05, 0.1) is 0 Å². The van der Waals surface area contributed by atoms with Gasteiger partial charge in [0.25, 0.3) is 0 Å². The molecule has 4 nitrogen and oxygen atoms in total. The second-order valence-corrected chi connectivity index (χ2v) is 6.02. The molecule has 20 heavy (non-hydrogen) atoms. The quantitative estimate of drug-likeness (QED) is 0.805. The van der Waals surface area contributed by atoms with Crippen molar-refractivity contribution in [1.29, 1.82) is 0 Å². The van der Waals surface area contributed by atoms with Gasteiger partial charge < -0.3 is 15.5 Å². The summed E-state index contributed by atoms with van der Waals surface area (Å²) in [5.41, 5.74) is 0. The zero-order valence-electron chi connectivity index (χ0n) is 12.6. The molecule has 0 aromatic heterocycles. The predicted octanol–water partition coefficient (Wildman–Crippen LogP) is 1.53. The molecule has 2 N–H and O–H groups in total. The molecule has 2 saturated heterocycles. The molecule has 2 rings (SSSR count). The number of hydrogen-bond acceptors (Lipinski definition) is 3. The van der Waals surface area contributed by atoms with E-state index in [2.05, 4.69) is 22.5 Å². The van der Waals surface area contributed by atoms with Gasteiger partial charge in [-0.2, -0.15) is 0 Å². The maximum atomic E-state index is 11.9. The summed E-state index contributed by atoms with van der Waals surface area (Å²) in [7, 11) is 0. The fourth-order valence-corrected chi connectivity index (χ4v) is 2.66. The standard InChI is InChI=1S/C14H27N3O.2ClH/c1-11-3-6-17(7-4-11)8-5-16-14(18)12(2)13-9-15-10-13;;/h11-13,15H,3-10H2,1-2H3,(H,16,18);2*1H. The van der Waals surface area contributed by atoms with Gasteiger partial charge in [-0.1, -0.05) is 13.8 Å². The lowest BCUT2D eigenvalue weighted by molar-refractivity contribution is -0.126. The van der Waals surface area contributed by atoms with Gasteiger partial charge in [-0.3, -0.25) is 4.79 Å². The van der Waals surface area contributed by atoms with Crippen molar-refractivity contribution >= 4 is 30.7 Å². The van der Waals surface area contributed by atoms with E-state index >= 15 is 0 Å². The molecule has 0 saturated carbocycles.